The molecule has 0 spiro atoms. The van der Waals surface area contributed by atoms with Gasteiger partial charge in [-0.05, 0) is 12.5 Å². The summed E-state index contributed by atoms with van der Waals surface area (Å²) in [6.07, 6.45) is 0. The van der Waals surface area contributed by atoms with Crippen molar-refractivity contribution >= 4 is 16.0 Å². The van der Waals surface area contributed by atoms with E-state index in [1.807, 2.05) is 22.9 Å². The van der Waals surface area contributed by atoms with Crippen LogP contribution in [0.2, 0.25) is 0 Å². The van der Waals surface area contributed by atoms with Crippen LogP contribution >= 0.6 is 0 Å². The van der Waals surface area contributed by atoms with Gasteiger partial charge in [-0.3, -0.25) is 4.72 Å². The molecule has 6 heteroatoms. The average Bonchev–Trinajstić information content (AvgIpc) is 2.36. The van der Waals surface area contributed by atoms with Crippen LogP contribution in [0.15, 0.2) is 42.6 Å². The number of ether oxygens (including phenoxy) is 1. The number of esters is 1. The van der Waals surface area contributed by atoms with Gasteiger partial charge in [0.15, 0.2) is 0 Å². The molecule has 0 atom stereocenters. The van der Waals surface area contributed by atoms with E-state index in [0.29, 0.717) is 0 Å². The van der Waals surface area contributed by atoms with Gasteiger partial charge in [0.1, 0.15) is 12.3 Å². The third-order valence-corrected chi connectivity index (χ3v) is 3.44. The largest absolute Gasteiger partial charge is 0.456 e. The molecular weight excluding hydrogens is 254 g/mol. The van der Waals surface area contributed by atoms with E-state index in [0.717, 1.165) is 5.56 Å². The first-order chi connectivity index (χ1) is 8.44. The highest BCUT2D eigenvalue weighted by Crippen LogP contribution is 2.03. The van der Waals surface area contributed by atoms with Gasteiger partial charge in [0.2, 0.25) is 10.0 Å². The Labute approximate surface area is 107 Å². The lowest BCUT2D eigenvalue weighted by molar-refractivity contribution is -0.140. The Morgan fingerprint density at radius 3 is 2.50 bits per heavy atom. The minimum Gasteiger partial charge on any atom is -0.456 e. The molecule has 0 heterocycles. The van der Waals surface area contributed by atoms with Gasteiger partial charge in [-0.15, -0.1) is 0 Å². The standard InChI is InChI=1S/C12H15NO4S/c1-3-18(15,16)13-10(2)12(14)17-9-11-7-5-4-6-8-11/h4-8,13H,2-3,9H2,1H3. The zero-order valence-corrected chi connectivity index (χ0v) is 10.9. The van der Waals surface area contributed by atoms with Gasteiger partial charge in [0.25, 0.3) is 0 Å². The van der Waals surface area contributed by atoms with Crippen molar-refractivity contribution in [1.82, 2.24) is 4.72 Å². The predicted octanol–water partition coefficient (Wildman–Crippen LogP) is 1.18. The molecule has 0 unspecified atom stereocenters. The van der Waals surface area contributed by atoms with Crippen molar-refractivity contribution in [3.63, 3.8) is 0 Å². The highest BCUT2D eigenvalue weighted by molar-refractivity contribution is 7.89. The predicted molar refractivity (Wildman–Crippen MR) is 68.0 cm³/mol. The molecule has 1 aromatic rings. The van der Waals surface area contributed by atoms with E-state index in [1.165, 1.54) is 6.92 Å². The first-order valence-electron chi connectivity index (χ1n) is 5.35. The minimum absolute atomic E-state index is 0.0759. The number of carbonyl (C=O) groups excluding carboxylic acids is 1. The molecule has 0 fully saturated rings. The number of sulfonamides is 1. The fraction of sp³-hybridized carbons (Fsp3) is 0.250. The monoisotopic (exact) mass is 269 g/mol. The van der Waals surface area contributed by atoms with E-state index in [4.69, 9.17) is 4.74 Å². The molecule has 0 amide bonds. The van der Waals surface area contributed by atoms with Crippen molar-refractivity contribution < 1.29 is 17.9 Å². The maximum atomic E-state index is 11.5. The third kappa shape index (κ3) is 4.58. The van der Waals surface area contributed by atoms with Crippen LogP contribution in [0.5, 0.6) is 0 Å². The average molecular weight is 269 g/mol. The fourth-order valence-electron chi connectivity index (χ4n) is 1.11. The van der Waals surface area contributed by atoms with Crippen molar-refractivity contribution in [2.45, 2.75) is 13.5 Å². The van der Waals surface area contributed by atoms with Gasteiger partial charge in [0.05, 0.1) is 5.75 Å². The summed E-state index contributed by atoms with van der Waals surface area (Å²) in [4.78, 5) is 11.5. The molecule has 0 radical (unpaired) electrons. The van der Waals surface area contributed by atoms with Crippen LogP contribution in [-0.2, 0) is 26.2 Å². The summed E-state index contributed by atoms with van der Waals surface area (Å²) in [5.74, 6) is -0.909. The summed E-state index contributed by atoms with van der Waals surface area (Å²) in [7, 11) is -3.50. The van der Waals surface area contributed by atoms with Gasteiger partial charge in [0, 0.05) is 0 Å². The smallest absolute Gasteiger partial charge is 0.355 e. The maximum absolute atomic E-state index is 11.5. The van der Waals surface area contributed by atoms with E-state index >= 15 is 0 Å². The number of benzene rings is 1. The fourth-order valence-corrected chi connectivity index (χ4v) is 1.71. The summed E-state index contributed by atoms with van der Waals surface area (Å²) in [5, 5.41) is 0. The molecule has 0 aromatic heterocycles. The zero-order valence-electron chi connectivity index (χ0n) is 10.0. The van der Waals surface area contributed by atoms with Crippen LogP contribution in [0.1, 0.15) is 12.5 Å². The second-order valence-corrected chi connectivity index (χ2v) is 5.56. The molecule has 1 rings (SSSR count). The molecule has 98 valence electrons. The molecule has 5 nitrogen and oxygen atoms in total. The van der Waals surface area contributed by atoms with E-state index in [2.05, 4.69) is 6.58 Å². The lowest BCUT2D eigenvalue weighted by atomic mass is 10.2. The minimum atomic E-state index is -3.50. The second-order valence-electron chi connectivity index (χ2n) is 3.55. The Balaban J connectivity index is 2.49. The first-order valence-corrected chi connectivity index (χ1v) is 7.00. The molecule has 1 N–H and O–H groups in total. The molecule has 0 aliphatic rings. The Kier molecular flexibility index (Phi) is 4.91. The molecular formula is C12H15NO4S. The van der Waals surface area contributed by atoms with Crippen LogP contribution in [0.25, 0.3) is 0 Å². The van der Waals surface area contributed by atoms with Crippen molar-refractivity contribution in [1.29, 1.82) is 0 Å². The summed E-state index contributed by atoms with van der Waals surface area (Å²) in [6.45, 7) is 4.87. The van der Waals surface area contributed by atoms with E-state index in [9.17, 15) is 13.2 Å². The second kappa shape index (κ2) is 6.20. The number of hydrogen-bond donors (Lipinski definition) is 1. The van der Waals surface area contributed by atoms with Crippen LogP contribution < -0.4 is 4.72 Å². The topological polar surface area (TPSA) is 72.5 Å². The zero-order chi connectivity index (χ0) is 13.6. The lowest BCUT2D eigenvalue weighted by Gasteiger charge is -2.09. The van der Waals surface area contributed by atoms with Crippen LogP contribution in [0, 0.1) is 0 Å². The quantitative estimate of drug-likeness (QED) is 0.622. The Hall–Kier alpha value is -1.82. The highest BCUT2D eigenvalue weighted by atomic mass is 32.2. The van der Waals surface area contributed by atoms with E-state index < -0.39 is 16.0 Å². The van der Waals surface area contributed by atoms with Crippen molar-refractivity contribution in [3.8, 4) is 0 Å². The van der Waals surface area contributed by atoms with Gasteiger partial charge in [-0.2, -0.15) is 0 Å². The van der Waals surface area contributed by atoms with E-state index in [-0.39, 0.29) is 18.1 Å². The molecule has 1 aromatic carbocycles. The van der Waals surface area contributed by atoms with Crippen molar-refractivity contribution in [2.75, 3.05) is 5.75 Å². The van der Waals surface area contributed by atoms with Gasteiger partial charge >= 0.3 is 5.97 Å². The van der Waals surface area contributed by atoms with Crippen LogP contribution in [0.3, 0.4) is 0 Å². The summed E-state index contributed by atoms with van der Waals surface area (Å²) < 4.78 is 29.4. The molecule has 0 aliphatic carbocycles. The normalized spacial score (nSPS) is 10.7. The molecule has 0 saturated carbocycles. The third-order valence-electron chi connectivity index (χ3n) is 2.12. The number of rotatable bonds is 6. The van der Waals surface area contributed by atoms with Crippen LogP contribution in [-0.4, -0.2) is 20.1 Å². The van der Waals surface area contributed by atoms with E-state index in [1.54, 1.807) is 12.1 Å². The van der Waals surface area contributed by atoms with Crippen LogP contribution in [0.4, 0.5) is 0 Å². The van der Waals surface area contributed by atoms with Gasteiger partial charge in [-0.1, -0.05) is 36.9 Å². The Bertz CT molecular complexity index is 522. The maximum Gasteiger partial charge on any atom is 0.355 e. The summed E-state index contributed by atoms with van der Waals surface area (Å²) >= 11 is 0. The lowest BCUT2D eigenvalue weighted by Crippen LogP contribution is -2.29. The number of carbonyl (C=O) groups is 1. The molecule has 0 bridgehead atoms. The Morgan fingerprint density at radius 1 is 1.33 bits per heavy atom. The van der Waals surface area contributed by atoms with Crippen molar-refractivity contribution in [3.05, 3.63) is 48.2 Å². The Morgan fingerprint density at radius 2 is 1.94 bits per heavy atom. The SMILES string of the molecule is C=C(NS(=O)(=O)CC)C(=O)OCc1ccccc1. The van der Waals surface area contributed by atoms with Gasteiger partial charge < -0.3 is 4.74 Å². The molecule has 0 saturated heterocycles. The highest BCUT2D eigenvalue weighted by Gasteiger charge is 2.14. The summed E-state index contributed by atoms with van der Waals surface area (Å²) in [5.41, 5.74) is 0.532. The first kappa shape index (κ1) is 14.2. The number of hydrogen-bond acceptors (Lipinski definition) is 4. The van der Waals surface area contributed by atoms with Crippen molar-refractivity contribution in [2.24, 2.45) is 0 Å². The van der Waals surface area contributed by atoms with Gasteiger partial charge in [-0.25, -0.2) is 13.2 Å². The molecule has 18 heavy (non-hydrogen) atoms. The summed E-state index contributed by atoms with van der Waals surface area (Å²) in [6, 6.07) is 9.08. The molecule has 0 aliphatic heterocycles. The number of nitrogens with one attached hydrogen (secondary N) is 1.